The standard InChI is InChI=1S/C16H23F2N3/c1-12-7-10-21(11-8-12)16(19-2)20-9-6-13-4-3-5-14(17)15(13)18/h3-5,12H,6-11H2,1-2H3,(H,19,20). The van der Waals surface area contributed by atoms with Crippen molar-refractivity contribution < 1.29 is 8.78 Å². The van der Waals surface area contributed by atoms with Crippen LogP contribution in [0.2, 0.25) is 0 Å². The van der Waals surface area contributed by atoms with Crippen molar-refractivity contribution in [1.29, 1.82) is 0 Å². The number of halogens is 2. The minimum absolute atomic E-state index is 0.394. The van der Waals surface area contributed by atoms with Crippen LogP contribution < -0.4 is 5.32 Å². The molecule has 1 saturated heterocycles. The molecule has 1 heterocycles. The lowest BCUT2D eigenvalue weighted by atomic mass is 9.99. The van der Waals surface area contributed by atoms with Gasteiger partial charge in [-0.15, -0.1) is 0 Å². The average Bonchev–Trinajstić information content (AvgIpc) is 2.49. The lowest BCUT2D eigenvalue weighted by Gasteiger charge is -2.32. The van der Waals surface area contributed by atoms with E-state index in [1.807, 2.05) is 0 Å². The van der Waals surface area contributed by atoms with Crippen LogP contribution in [0.25, 0.3) is 0 Å². The van der Waals surface area contributed by atoms with Crippen LogP contribution in [-0.2, 0) is 6.42 Å². The summed E-state index contributed by atoms with van der Waals surface area (Å²) in [7, 11) is 1.75. The third-order valence-corrected chi connectivity index (χ3v) is 4.00. The quantitative estimate of drug-likeness (QED) is 0.686. The molecule has 1 fully saturated rings. The van der Waals surface area contributed by atoms with Crippen LogP contribution >= 0.6 is 0 Å². The van der Waals surface area contributed by atoms with E-state index in [2.05, 4.69) is 22.1 Å². The van der Waals surface area contributed by atoms with Crippen LogP contribution in [0.1, 0.15) is 25.3 Å². The SMILES string of the molecule is CN=C(NCCc1cccc(F)c1F)N1CCC(C)CC1. The molecule has 21 heavy (non-hydrogen) atoms. The van der Waals surface area contributed by atoms with Crippen LogP contribution in [0.15, 0.2) is 23.2 Å². The fourth-order valence-corrected chi connectivity index (χ4v) is 2.60. The van der Waals surface area contributed by atoms with Gasteiger partial charge >= 0.3 is 0 Å². The number of benzene rings is 1. The zero-order valence-electron chi connectivity index (χ0n) is 12.7. The molecular weight excluding hydrogens is 272 g/mol. The van der Waals surface area contributed by atoms with Crippen molar-refractivity contribution in [3.05, 3.63) is 35.4 Å². The number of hydrogen-bond acceptors (Lipinski definition) is 1. The van der Waals surface area contributed by atoms with Crippen molar-refractivity contribution in [2.24, 2.45) is 10.9 Å². The molecule has 1 aliphatic rings. The largest absolute Gasteiger partial charge is 0.356 e. The molecule has 0 saturated carbocycles. The molecule has 0 aromatic heterocycles. The lowest BCUT2D eigenvalue weighted by molar-refractivity contribution is 0.273. The molecule has 116 valence electrons. The number of likely N-dealkylation sites (tertiary alicyclic amines) is 1. The van der Waals surface area contributed by atoms with Crippen molar-refractivity contribution in [2.45, 2.75) is 26.2 Å². The molecule has 0 aliphatic carbocycles. The van der Waals surface area contributed by atoms with E-state index in [-0.39, 0.29) is 0 Å². The normalized spacial score (nSPS) is 17.1. The first-order valence-electron chi connectivity index (χ1n) is 7.50. The monoisotopic (exact) mass is 295 g/mol. The second-order valence-corrected chi connectivity index (χ2v) is 5.61. The number of nitrogens with zero attached hydrogens (tertiary/aromatic N) is 2. The Hall–Kier alpha value is -1.65. The van der Waals surface area contributed by atoms with E-state index in [0.717, 1.165) is 31.0 Å². The molecule has 5 heteroatoms. The summed E-state index contributed by atoms with van der Waals surface area (Å²) in [6, 6.07) is 4.29. The van der Waals surface area contributed by atoms with Crippen LogP contribution in [0, 0.1) is 17.6 Å². The summed E-state index contributed by atoms with van der Waals surface area (Å²) in [6.07, 6.45) is 2.77. The maximum Gasteiger partial charge on any atom is 0.193 e. The van der Waals surface area contributed by atoms with E-state index in [0.29, 0.717) is 18.5 Å². The Kier molecular flexibility index (Phi) is 5.53. The molecule has 0 spiro atoms. The van der Waals surface area contributed by atoms with Crippen molar-refractivity contribution >= 4 is 5.96 Å². The molecule has 0 unspecified atom stereocenters. The first-order valence-corrected chi connectivity index (χ1v) is 7.50. The molecule has 0 atom stereocenters. The number of guanidine groups is 1. The summed E-state index contributed by atoms with van der Waals surface area (Å²) >= 11 is 0. The highest BCUT2D eigenvalue weighted by Gasteiger charge is 2.18. The highest BCUT2D eigenvalue weighted by Crippen LogP contribution is 2.16. The van der Waals surface area contributed by atoms with Gasteiger partial charge in [0, 0.05) is 26.7 Å². The lowest BCUT2D eigenvalue weighted by Crippen LogP contribution is -2.45. The van der Waals surface area contributed by atoms with Gasteiger partial charge in [-0.1, -0.05) is 19.1 Å². The second kappa shape index (κ2) is 7.38. The molecule has 2 rings (SSSR count). The summed E-state index contributed by atoms with van der Waals surface area (Å²) in [5.41, 5.74) is 0.394. The van der Waals surface area contributed by atoms with Crippen molar-refractivity contribution in [3.63, 3.8) is 0 Å². The third kappa shape index (κ3) is 4.16. The fraction of sp³-hybridized carbons (Fsp3) is 0.562. The van der Waals surface area contributed by atoms with E-state index in [4.69, 9.17) is 0 Å². The molecule has 1 N–H and O–H groups in total. The topological polar surface area (TPSA) is 27.6 Å². The van der Waals surface area contributed by atoms with Gasteiger partial charge in [0.1, 0.15) is 0 Å². The summed E-state index contributed by atoms with van der Waals surface area (Å²) in [6.45, 7) is 4.80. The number of aliphatic imine (C=N–C) groups is 1. The van der Waals surface area contributed by atoms with Gasteiger partial charge in [-0.2, -0.15) is 0 Å². The highest BCUT2D eigenvalue weighted by molar-refractivity contribution is 5.79. The Bertz CT molecular complexity index is 494. The Morgan fingerprint density at radius 3 is 2.71 bits per heavy atom. The smallest absolute Gasteiger partial charge is 0.193 e. The van der Waals surface area contributed by atoms with E-state index >= 15 is 0 Å². The van der Waals surface area contributed by atoms with Gasteiger partial charge in [0.15, 0.2) is 17.6 Å². The van der Waals surface area contributed by atoms with Crippen molar-refractivity contribution in [1.82, 2.24) is 10.2 Å². The van der Waals surface area contributed by atoms with Crippen LogP contribution in [0.4, 0.5) is 8.78 Å². The summed E-state index contributed by atoms with van der Waals surface area (Å²) < 4.78 is 26.7. The van der Waals surface area contributed by atoms with Crippen LogP contribution in [0.3, 0.4) is 0 Å². The second-order valence-electron chi connectivity index (χ2n) is 5.61. The molecule has 1 aromatic carbocycles. The summed E-state index contributed by atoms with van der Waals surface area (Å²) in [4.78, 5) is 6.50. The first kappa shape index (κ1) is 15.7. The van der Waals surface area contributed by atoms with E-state index < -0.39 is 11.6 Å². The number of rotatable bonds is 3. The van der Waals surface area contributed by atoms with Crippen LogP contribution in [0.5, 0.6) is 0 Å². The van der Waals surface area contributed by atoms with Gasteiger partial charge < -0.3 is 10.2 Å². The molecule has 1 aliphatic heterocycles. The predicted octanol–water partition coefficient (Wildman–Crippen LogP) is 2.81. The van der Waals surface area contributed by atoms with Crippen molar-refractivity contribution in [3.8, 4) is 0 Å². The van der Waals surface area contributed by atoms with Gasteiger partial charge in [0.05, 0.1) is 0 Å². The Morgan fingerprint density at radius 1 is 1.33 bits per heavy atom. The molecule has 3 nitrogen and oxygen atoms in total. The van der Waals surface area contributed by atoms with E-state index in [1.54, 1.807) is 13.1 Å². The van der Waals surface area contributed by atoms with Gasteiger partial charge in [0.2, 0.25) is 0 Å². The summed E-state index contributed by atoms with van der Waals surface area (Å²) in [5.74, 6) is 0.0717. The van der Waals surface area contributed by atoms with Crippen molar-refractivity contribution in [2.75, 3.05) is 26.7 Å². The van der Waals surface area contributed by atoms with Gasteiger partial charge in [-0.05, 0) is 36.8 Å². The zero-order chi connectivity index (χ0) is 15.2. The highest BCUT2D eigenvalue weighted by atomic mass is 19.2. The number of nitrogens with one attached hydrogen (secondary N) is 1. The number of hydrogen-bond donors (Lipinski definition) is 1. The fourth-order valence-electron chi connectivity index (χ4n) is 2.60. The molecule has 1 aromatic rings. The van der Waals surface area contributed by atoms with Gasteiger partial charge in [0.25, 0.3) is 0 Å². The minimum Gasteiger partial charge on any atom is -0.356 e. The molecular formula is C16H23F2N3. The average molecular weight is 295 g/mol. The Morgan fingerprint density at radius 2 is 2.05 bits per heavy atom. The zero-order valence-corrected chi connectivity index (χ0v) is 12.7. The summed E-state index contributed by atoms with van der Waals surface area (Å²) in [5, 5.41) is 3.24. The molecule has 0 amide bonds. The molecule has 0 radical (unpaired) electrons. The Balaban J connectivity index is 1.85. The molecule has 0 bridgehead atoms. The predicted molar refractivity (Wildman–Crippen MR) is 81.4 cm³/mol. The number of piperidine rings is 1. The third-order valence-electron chi connectivity index (χ3n) is 4.00. The van der Waals surface area contributed by atoms with E-state index in [1.165, 1.54) is 18.9 Å². The van der Waals surface area contributed by atoms with Gasteiger partial charge in [-0.25, -0.2) is 8.78 Å². The maximum absolute atomic E-state index is 13.6. The Labute approximate surface area is 125 Å². The first-order chi connectivity index (χ1) is 10.1. The maximum atomic E-state index is 13.6. The van der Waals surface area contributed by atoms with Crippen LogP contribution in [-0.4, -0.2) is 37.5 Å². The van der Waals surface area contributed by atoms with Gasteiger partial charge in [-0.3, -0.25) is 4.99 Å². The minimum atomic E-state index is -0.790. The van der Waals surface area contributed by atoms with E-state index in [9.17, 15) is 8.78 Å².